The number of piperazine rings is 1. The highest BCUT2D eigenvalue weighted by atomic mass is 32.2. The van der Waals surface area contributed by atoms with E-state index in [1.807, 2.05) is 18.9 Å². The van der Waals surface area contributed by atoms with Crippen molar-refractivity contribution in [3.63, 3.8) is 0 Å². The Hall–Kier alpha value is -1.44. The third-order valence-corrected chi connectivity index (χ3v) is 5.80. The molecule has 1 saturated heterocycles. The lowest BCUT2D eigenvalue weighted by Crippen LogP contribution is -2.52. The number of nitrogens with zero attached hydrogens (tertiary/aromatic N) is 3. The number of hydrogen-bond acceptors (Lipinski definition) is 4. The van der Waals surface area contributed by atoms with Gasteiger partial charge in [0.05, 0.1) is 4.90 Å². The molecule has 6 nitrogen and oxygen atoms in total. The molecule has 1 fully saturated rings. The maximum absolute atomic E-state index is 12.6. The third kappa shape index (κ3) is 3.31. The largest absolute Gasteiger partial charge is 0.333 e. The summed E-state index contributed by atoms with van der Waals surface area (Å²) in [5.41, 5.74) is 0.522. The second-order valence-electron chi connectivity index (χ2n) is 5.92. The van der Waals surface area contributed by atoms with Crippen LogP contribution in [0.15, 0.2) is 29.2 Å². The fraction of sp³-hybridized carbons (Fsp3) is 0.533. The van der Waals surface area contributed by atoms with Gasteiger partial charge in [-0.15, -0.1) is 0 Å². The van der Waals surface area contributed by atoms with Crippen LogP contribution in [0.1, 0.15) is 17.3 Å². The molecule has 2 rings (SSSR count). The zero-order valence-electron chi connectivity index (χ0n) is 13.5. The number of carbonyl (C=O) groups is 1. The van der Waals surface area contributed by atoms with Crippen LogP contribution in [-0.4, -0.2) is 75.2 Å². The molecule has 0 aliphatic carbocycles. The van der Waals surface area contributed by atoms with Gasteiger partial charge in [0.2, 0.25) is 10.0 Å². The summed E-state index contributed by atoms with van der Waals surface area (Å²) in [5.74, 6) is -0.0469. The minimum Gasteiger partial charge on any atom is -0.333 e. The highest BCUT2D eigenvalue weighted by Crippen LogP contribution is 2.17. The van der Waals surface area contributed by atoms with Gasteiger partial charge in [-0.05, 0) is 38.2 Å². The highest BCUT2D eigenvalue weighted by molar-refractivity contribution is 7.89. The van der Waals surface area contributed by atoms with E-state index >= 15 is 0 Å². The van der Waals surface area contributed by atoms with E-state index in [0.717, 1.165) is 17.4 Å². The second-order valence-corrected chi connectivity index (χ2v) is 8.07. The number of likely N-dealkylation sites (N-methyl/N-ethyl adjacent to an activating group) is 1. The Morgan fingerprint density at radius 1 is 1.18 bits per heavy atom. The second kappa shape index (κ2) is 6.36. The molecule has 1 aromatic carbocycles. The number of benzene rings is 1. The number of rotatable bonds is 3. The Labute approximate surface area is 132 Å². The van der Waals surface area contributed by atoms with Gasteiger partial charge in [-0.2, -0.15) is 0 Å². The average molecular weight is 325 g/mol. The molecule has 7 heteroatoms. The summed E-state index contributed by atoms with van der Waals surface area (Å²) < 4.78 is 25.2. The van der Waals surface area contributed by atoms with Crippen molar-refractivity contribution in [2.45, 2.75) is 17.9 Å². The molecule has 1 aliphatic heterocycles. The van der Waals surface area contributed by atoms with E-state index in [0.29, 0.717) is 12.1 Å². The first-order chi connectivity index (χ1) is 10.2. The Balaban J connectivity index is 2.19. The summed E-state index contributed by atoms with van der Waals surface area (Å²) in [7, 11) is 1.55. The molecule has 1 heterocycles. The van der Waals surface area contributed by atoms with E-state index in [4.69, 9.17) is 0 Å². The molecular weight excluding hydrogens is 302 g/mol. The molecule has 1 amide bonds. The molecule has 0 bridgehead atoms. The Kier molecular flexibility index (Phi) is 4.89. The van der Waals surface area contributed by atoms with E-state index < -0.39 is 10.0 Å². The maximum atomic E-state index is 12.6. The van der Waals surface area contributed by atoms with Gasteiger partial charge in [-0.25, -0.2) is 12.7 Å². The van der Waals surface area contributed by atoms with Crippen LogP contribution in [0.2, 0.25) is 0 Å². The van der Waals surface area contributed by atoms with Crippen molar-refractivity contribution >= 4 is 15.9 Å². The highest BCUT2D eigenvalue weighted by Gasteiger charge is 2.27. The van der Waals surface area contributed by atoms with E-state index in [1.165, 1.54) is 26.2 Å². The van der Waals surface area contributed by atoms with Gasteiger partial charge in [0.25, 0.3) is 5.91 Å². The molecular formula is C15H23N3O3S. The Morgan fingerprint density at radius 2 is 1.77 bits per heavy atom. The summed E-state index contributed by atoms with van der Waals surface area (Å²) >= 11 is 0. The minimum atomic E-state index is -3.46. The maximum Gasteiger partial charge on any atom is 0.254 e. The normalized spacial score (nSPS) is 20.4. The molecule has 1 unspecified atom stereocenters. The Bertz CT molecular complexity index is 641. The van der Waals surface area contributed by atoms with E-state index in [1.54, 1.807) is 12.1 Å². The topological polar surface area (TPSA) is 60.9 Å². The lowest BCUT2D eigenvalue weighted by molar-refractivity contribution is 0.0533. The summed E-state index contributed by atoms with van der Waals surface area (Å²) in [6.45, 7) is 4.41. The first-order valence-corrected chi connectivity index (χ1v) is 8.69. The number of sulfonamides is 1. The van der Waals surface area contributed by atoms with Crippen molar-refractivity contribution in [2.24, 2.45) is 0 Å². The van der Waals surface area contributed by atoms with Crippen LogP contribution < -0.4 is 0 Å². The van der Waals surface area contributed by atoms with E-state index in [2.05, 4.69) is 4.90 Å². The first-order valence-electron chi connectivity index (χ1n) is 7.25. The van der Waals surface area contributed by atoms with Crippen molar-refractivity contribution in [3.8, 4) is 0 Å². The van der Waals surface area contributed by atoms with Gasteiger partial charge in [-0.3, -0.25) is 4.79 Å². The van der Waals surface area contributed by atoms with Crippen LogP contribution in [0.5, 0.6) is 0 Å². The quantitative estimate of drug-likeness (QED) is 0.821. The van der Waals surface area contributed by atoms with E-state index in [9.17, 15) is 13.2 Å². The van der Waals surface area contributed by atoms with Crippen LogP contribution in [0.25, 0.3) is 0 Å². The van der Waals surface area contributed by atoms with Gasteiger partial charge >= 0.3 is 0 Å². The summed E-state index contributed by atoms with van der Waals surface area (Å²) in [6, 6.07) is 6.30. The lowest BCUT2D eigenvalue weighted by Gasteiger charge is -2.38. The monoisotopic (exact) mass is 325 g/mol. The predicted octanol–water partition coefficient (Wildman–Crippen LogP) is 0.713. The first kappa shape index (κ1) is 16.9. The molecule has 1 atom stereocenters. The number of hydrogen-bond donors (Lipinski definition) is 0. The molecule has 0 radical (unpaired) electrons. The van der Waals surface area contributed by atoms with Crippen LogP contribution in [0.3, 0.4) is 0 Å². The van der Waals surface area contributed by atoms with Gasteiger partial charge < -0.3 is 9.80 Å². The van der Waals surface area contributed by atoms with Crippen LogP contribution in [-0.2, 0) is 10.0 Å². The van der Waals surface area contributed by atoms with Gasteiger partial charge in [0, 0.05) is 45.3 Å². The predicted molar refractivity (Wildman–Crippen MR) is 85.3 cm³/mol. The van der Waals surface area contributed by atoms with Gasteiger partial charge in [-0.1, -0.05) is 0 Å². The minimum absolute atomic E-state index is 0.0469. The molecule has 0 aromatic heterocycles. The van der Waals surface area contributed by atoms with Crippen molar-refractivity contribution in [3.05, 3.63) is 29.8 Å². The summed E-state index contributed by atoms with van der Waals surface area (Å²) in [4.78, 5) is 16.8. The molecule has 22 heavy (non-hydrogen) atoms. The van der Waals surface area contributed by atoms with Crippen LogP contribution in [0.4, 0.5) is 0 Å². The molecule has 1 aromatic rings. The SMILES string of the molecule is CC1CN(C)CCN1C(=O)c1ccc(S(=O)(=O)N(C)C)cc1. The van der Waals surface area contributed by atoms with Gasteiger partial charge in [0.15, 0.2) is 0 Å². The third-order valence-electron chi connectivity index (χ3n) is 3.97. The number of carbonyl (C=O) groups excluding carboxylic acids is 1. The zero-order chi connectivity index (χ0) is 16.5. The van der Waals surface area contributed by atoms with Crippen molar-refractivity contribution in [2.75, 3.05) is 40.8 Å². The number of amides is 1. The fourth-order valence-electron chi connectivity index (χ4n) is 2.59. The lowest BCUT2D eigenvalue weighted by atomic mass is 10.1. The van der Waals surface area contributed by atoms with Gasteiger partial charge in [0.1, 0.15) is 0 Å². The van der Waals surface area contributed by atoms with Crippen molar-refractivity contribution < 1.29 is 13.2 Å². The van der Waals surface area contributed by atoms with E-state index in [-0.39, 0.29) is 16.8 Å². The Morgan fingerprint density at radius 3 is 2.27 bits per heavy atom. The van der Waals surface area contributed by atoms with Crippen molar-refractivity contribution in [1.29, 1.82) is 0 Å². The molecule has 0 spiro atoms. The molecule has 122 valence electrons. The summed E-state index contributed by atoms with van der Waals surface area (Å²) in [5, 5.41) is 0. The smallest absolute Gasteiger partial charge is 0.254 e. The fourth-order valence-corrected chi connectivity index (χ4v) is 3.49. The molecule has 1 aliphatic rings. The van der Waals surface area contributed by atoms with Crippen molar-refractivity contribution in [1.82, 2.24) is 14.1 Å². The average Bonchev–Trinajstić information content (AvgIpc) is 2.46. The zero-order valence-corrected chi connectivity index (χ0v) is 14.3. The summed E-state index contributed by atoms with van der Waals surface area (Å²) in [6.07, 6.45) is 0. The molecule has 0 N–H and O–H groups in total. The van der Waals surface area contributed by atoms with Crippen LogP contribution in [0, 0.1) is 0 Å². The molecule has 0 saturated carbocycles. The standard InChI is InChI=1S/C15H23N3O3S/c1-12-11-17(4)9-10-18(12)15(19)13-5-7-14(8-6-13)22(20,21)16(2)3/h5-8,12H,9-11H2,1-4H3. The van der Waals surface area contributed by atoms with Crippen LogP contribution >= 0.6 is 0 Å².